The average molecular weight is 615 g/mol. The maximum atomic E-state index is 13.3. The van der Waals surface area contributed by atoms with Crippen LogP contribution in [0.2, 0.25) is 0 Å². The second-order valence-corrected chi connectivity index (χ2v) is 11.4. The molecule has 4 heterocycles. The Labute approximate surface area is 238 Å². The Morgan fingerprint density at radius 3 is 2.79 bits per heavy atom. The first kappa shape index (κ1) is 28.8. The molecule has 14 nitrogen and oxygen atoms in total. The number of thioether (sulfide) groups is 2. The lowest BCUT2D eigenvalue weighted by Crippen LogP contribution is -2.71. The number of nitrogens with one attached hydrogen (secondary N) is 1. The summed E-state index contributed by atoms with van der Waals surface area (Å²) in [6.45, 7) is 3.05. The van der Waals surface area contributed by atoms with Crippen molar-refractivity contribution in [2.75, 3.05) is 25.2 Å². The first-order valence-corrected chi connectivity index (χ1v) is 15.0. The zero-order valence-corrected chi connectivity index (χ0v) is 24.0. The van der Waals surface area contributed by atoms with Crippen LogP contribution in [0.3, 0.4) is 0 Å². The second-order valence-electron chi connectivity index (χ2n) is 7.58. The number of hydrogen-bond donors (Lipinski definition) is 1. The number of hydrogen-bond acceptors (Lipinski definition) is 16. The molecule has 0 saturated carbocycles. The van der Waals surface area contributed by atoms with Crippen molar-refractivity contribution < 1.29 is 38.2 Å². The van der Waals surface area contributed by atoms with E-state index in [0.717, 1.165) is 0 Å². The first-order valence-electron chi connectivity index (χ1n) is 11.2. The van der Waals surface area contributed by atoms with E-state index in [4.69, 9.17) is 19.0 Å². The van der Waals surface area contributed by atoms with Crippen molar-refractivity contribution in [2.24, 2.45) is 5.16 Å². The quantitative estimate of drug-likeness (QED) is 0.0972. The lowest BCUT2D eigenvalue weighted by atomic mass is 10.0. The van der Waals surface area contributed by atoms with Crippen LogP contribution >= 0.6 is 46.4 Å². The van der Waals surface area contributed by atoms with E-state index in [1.807, 2.05) is 0 Å². The molecule has 2 aliphatic heterocycles. The molecule has 0 aromatic carbocycles. The third-order valence-corrected chi connectivity index (χ3v) is 8.92. The van der Waals surface area contributed by atoms with E-state index in [1.165, 1.54) is 77.2 Å². The smallest absolute Gasteiger partial charge is 0.435 e. The van der Waals surface area contributed by atoms with E-state index in [1.54, 1.807) is 12.3 Å². The normalized spacial score (nSPS) is 19.5. The molecule has 3 atom stereocenters. The number of amides is 2. The Hall–Kier alpha value is -3.22. The standard InChI is InChI=1S/C21H22N6O8S4/c1-4-33-21(31)35-10(2)34-19(30)15-11(6-38-20-22-8-24-39-20)5-37-18-14(17(29)27(15)18)25-16(28)13(26-32-3)12-7-36-9-23-12/h7-10,14,18H,4-6H2,1-3H3,(H,25,28)/b26-13-/t10?,14?,18-/m0/s1. The number of thiazole rings is 1. The summed E-state index contributed by atoms with van der Waals surface area (Å²) in [7, 11) is 1.30. The third kappa shape index (κ3) is 6.68. The minimum atomic E-state index is -1.27. The minimum Gasteiger partial charge on any atom is -0.435 e. The third-order valence-electron chi connectivity index (χ3n) is 5.11. The van der Waals surface area contributed by atoms with Crippen molar-refractivity contribution in [3.05, 3.63) is 34.2 Å². The summed E-state index contributed by atoms with van der Waals surface area (Å²) in [5.41, 5.74) is 2.40. The van der Waals surface area contributed by atoms with Crippen LogP contribution in [0.1, 0.15) is 19.5 Å². The highest BCUT2D eigenvalue weighted by Gasteiger charge is 2.55. The lowest BCUT2D eigenvalue weighted by molar-refractivity contribution is -0.168. The molecule has 208 valence electrons. The van der Waals surface area contributed by atoms with Gasteiger partial charge in [-0.2, -0.15) is 4.37 Å². The first-order chi connectivity index (χ1) is 18.8. The number of aromatic nitrogens is 3. The van der Waals surface area contributed by atoms with Crippen LogP contribution in [0.25, 0.3) is 0 Å². The maximum absolute atomic E-state index is 13.3. The van der Waals surface area contributed by atoms with E-state index in [2.05, 4.69) is 24.8 Å². The number of oxime groups is 1. The molecule has 0 bridgehead atoms. The van der Waals surface area contributed by atoms with Gasteiger partial charge in [0, 0.05) is 23.8 Å². The molecular weight excluding hydrogens is 593 g/mol. The van der Waals surface area contributed by atoms with Crippen LogP contribution in [0.4, 0.5) is 4.79 Å². The fourth-order valence-electron chi connectivity index (χ4n) is 3.51. The summed E-state index contributed by atoms with van der Waals surface area (Å²) < 4.78 is 19.6. The molecule has 1 N–H and O–H groups in total. The largest absolute Gasteiger partial charge is 0.511 e. The van der Waals surface area contributed by atoms with Gasteiger partial charge in [0.1, 0.15) is 36.2 Å². The van der Waals surface area contributed by atoms with Crippen LogP contribution in [0.15, 0.2) is 38.0 Å². The summed E-state index contributed by atoms with van der Waals surface area (Å²) in [5.74, 6) is -1.31. The summed E-state index contributed by atoms with van der Waals surface area (Å²) >= 11 is 5.21. The number of carbonyl (C=O) groups is 4. The van der Waals surface area contributed by atoms with Crippen molar-refractivity contribution in [2.45, 2.75) is 35.9 Å². The Kier molecular flexibility index (Phi) is 9.76. The molecule has 1 fully saturated rings. The van der Waals surface area contributed by atoms with Gasteiger partial charge in [0.25, 0.3) is 11.8 Å². The summed E-state index contributed by atoms with van der Waals surface area (Å²) in [4.78, 5) is 65.4. The Morgan fingerprint density at radius 1 is 1.31 bits per heavy atom. The molecule has 0 aliphatic carbocycles. The van der Waals surface area contributed by atoms with Crippen molar-refractivity contribution >= 4 is 76.0 Å². The molecule has 18 heteroatoms. The molecule has 0 radical (unpaired) electrons. The van der Waals surface area contributed by atoms with E-state index in [9.17, 15) is 19.2 Å². The van der Waals surface area contributed by atoms with Crippen LogP contribution < -0.4 is 5.32 Å². The van der Waals surface area contributed by atoms with Gasteiger partial charge >= 0.3 is 12.1 Å². The fourth-order valence-corrected chi connectivity index (χ4v) is 6.98. The number of rotatable bonds is 11. The molecular formula is C21H22N6O8S4. The number of ether oxygens (including phenoxy) is 3. The van der Waals surface area contributed by atoms with Crippen LogP contribution in [-0.4, -0.2) is 91.8 Å². The minimum absolute atomic E-state index is 0.0239. The molecule has 2 aliphatic rings. The topological polar surface area (TPSA) is 172 Å². The molecule has 1 saturated heterocycles. The van der Waals surface area contributed by atoms with Crippen molar-refractivity contribution in [3.63, 3.8) is 0 Å². The van der Waals surface area contributed by atoms with Crippen molar-refractivity contribution in [1.82, 2.24) is 24.6 Å². The number of carbonyl (C=O) groups excluding carboxylic acids is 4. The van der Waals surface area contributed by atoms with E-state index < -0.39 is 41.6 Å². The predicted molar refractivity (Wildman–Crippen MR) is 142 cm³/mol. The van der Waals surface area contributed by atoms with Crippen LogP contribution in [0.5, 0.6) is 0 Å². The van der Waals surface area contributed by atoms with Gasteiger partial charge in [0.15, 0.2) is 10.1 Å². The Morgan fingerprint density at radius 2 is 2.13 bits per heavy atom. The van der Waals surface area contributed by atoms with Crippen LogP contribution in [-0.2, 0) is 33.4 Å². The SMILES string of the molecule is CCOC(=O)OC(C)OC(=O)C1=C(CSc2ncns2)CS[C@H]2C(NC(=O)/C(=N\OC)c3cscn3)C(=O)N12. The average Bonchev–Trinajstić information content (AvgIpc) is 3.63. The van der Waals surface area contributed by atoms with Gasteiger partial charge < -0.3 is 24.4 Å². The number of nitrogens with zero attached hydrogens (tertiary/aromatic N) is 5. The zero-order valence-electron chi connectivity index (χ0n) is 20.7. The Balaban J connectivity index is 1.52. The monoisotopic (exact) mass is 614 g/mol. The molecule has 4 rings (SSSR count). The van der Waals surface area contributed by atoms with Gasteiger partial charge in [0.2, 0.25) is 6.29 Å². The summed E-state index contributed by atoms with van der Waals surface area (Å²) in [6, 6.07) is -0.934. The van der Waals surface area contributed by atoms with Crippen LogP contribution in [0, 0.1) is 0 Å². The highest BCUT2D eigenvalue weighted by molar-refractivity contribution is 8.01. The zero-order chi connectivity index (χ0) is 27.9. The van der Waals surface area contributed by atoms with Gasteiger partial charge in [-0.25, -0.2) is 19.6 Å². The van der Waals surface area contributed by atoms with Crippen molar-refractivity contribution in [1.29, 1.82) is 0 Å². The summed E-state index contributed by atoms with van der Waals surface area (Å²) in [6.07, 6.45) is -0.838. The van der Waals surface area contributed by atoms with Gasteiger partial charge in [0.05, 0.1) is 12.1 Å². The number of β-lactam (4-membered cyclic amide) rings is 1. The van der Waals surface area contributed by atoms with Crippen molar-refractivity contribution in [3.8, 4) is 0 Å². The highest BCUT2D eigenvalue weighted by atomic mass is 32.2. The number of fused-ring (bicyclic) bond motifs is 1. The summed E-state index contributed by atoms with van der Waals surface area (Å²) in [5, 5.41) is 7.46. The van der Waals surface area contributed by atoms with E-state index in [-0.39, 0.29) is 18.0 Å². The number of esters is 1. The molecule has 39 heavy (non-hydrogen) atoms. The highest BCUT2D eigenvalue weighted by Crippen LogP contribution is 2.42. The van der Waals surface area contributed by atoms with E-state index in [0.29, 0.717) is 27.1 Å². The molecule has 2 aromatic heterocycles. The second kappa shape index (κ2) is 13.2. The molecule has 2 aromatic rings. The molecule has 2 amide bonds. The lowest BCUT2D eigenvalue weighted by Gasteiger charge is -2.49. The molecule has 2 unspecified atom stereocenters. The Bertz CT molecular complexity index is 1270. The van der Waals surface area contributed by atoms with Gasteiger partial charge in [-0.1, -0.05) is 16.9 Å². The molecule has 0 spiro atoms. The van der Waals surface area contributed by atoms with Gasteiger partial charge in [-0.05, 0) is 24.0 Å². The van der Waals surface area contributed by atoms with Gasteiger partial charge in [-0.3, -0.25) is 14.5 Å². The van der Waals surface area contributed by atoms with Gasteiger partial charge in [-0.15, -0.1) is 23.1 Å². The van der Waals surface area contributed by atoms with E-state index >= 15 is 0 Å². The fraction of sp³-hybridized carbons (Fsp3) is 0.429. The predicted octanol–water partition coefficient (Wildman–Crippen LogP) is 1.85. The maximum Gasteiger partial charge on any atom is 0.511 e.